The third-order valence-electron chi connectivity index (χ3n) is 6.69. The first-order valence-electron chi connectivity index (χ1n) is 11.5. The van der Waals surface area contributed by atoms with E-state index in [-0.39, 0.29) is 6.54 Å². The van der Waals surface area contributed by atoms with Gasteiger partial charge in [-0.2, -0.15) is 0 Å². The lowest BCUT2D eigenvalue weighted by Crippen LogP contribution is -2.11. The largest absolute Gasteiger partial charge is 0.372 e. The number of rotatable bonds is 8. The molecule has 2 unspecified atom stereocenters. The number of fused-ring (bicyclic) bond motifs is 2. The van der Waals surface area contributed by atoms with Crippen molar-refractivity contribution in [1.29, 1.82) is 0 Å². The van der Waals surface area contributed by atoms with E-state index in [1.54, 1.807) is 12.4 Å². The van der Waals surface area contributed by atoms with Gasteiger partial charge < -0.3 is 15.2 Å². The summed E-state index contributed by atoms with van der Waals surface area (Å²) < 4.78 is 27.3. The Bertz CT molecular complexity index is 1250. The van der Waals surface area contributed by atoms with E-state index in [1.165, 1.54) is 12.0 Å². The van der Waals surface area contributed by atoms with Gasteiger partial charge in [0, 0.05) is 24.7 Å². The van der Waals surface area contributed by atoms with Crippen LogP contribution in [0.2, 0.25) is 0 Å². The molecule has 3 aromatic heterocycles. The van der Waals surface area contributed by atoms with Gasteiger partial charge in [0.05, 0.1) is 17.4 Å². The van der Waals surface area contributed by atoms with Gasteiger partial charge in [-0.1, -0.05) is 12.1 Å². The molecule has 0 aliphatic heterocycles. The number of benzene rings is 1. The zero-order valence-electron chi connectivity index (χ0n) is 18.6. The fourth-order valence-electron chi connectivity index (χ4n) is 5.00. The van der Waals surface area contributed by atoms with Crippen LogP contribution in [0.3, 0.4) is 0 Å². The summed E-state index contributed by atoms with van der Waals surface area (Å²) in [6.45, 7) is -0.389. The molecule has 8 heteroatoms. The van der Waals surface area contributed by atoms with Crippen LogP contribution in [0, 0.1) is 5.92 Å². The Morgan fingerprint density at radius 3 is 2.85 bits per heavy atom. The van der Waals surface area contributed by atoms with Crippen LogP contribution in [0.4, 0.5) is 20.4 Å². The number of pyridine rings is 1. The quantitative estimate of drug-likeness (QED) is 0.362. The summed E-state index contributed by atoms with van der Waals surface area (Å²) in [6, 6.07) is 12.5. The summed E-state index contributed by atoms with van der Waals surface area (Å²) in [5, 5.41) is 7.92. The SMILES string of the molecule is CNc1ncnc2c1ccn2C1CCC(CCc2ccc3ccc(NCC(F)F)nc3c2)C1. The van der Waals surface area contributed by atoms with Crippen molar-refractivity contribution >= 4 is 33.6 Å². The van der Waals surface area contributed by atoms with Gasteiger partial charge in [-0.3, -0.25) is 0 Å². The van der Waals surface area contributed by atoms with E-state index >= 15 is 0 Å². The summed E-state index contributed by atoms with van der Waals surface area (Å²) in [6.07, 6.45) is 7.00. The number of alkyl halides is 2. The second-order valence-corrected chi connectivity index (χ2v) is 8.80. The molecule has 0 amide bonds. The van der Waals surface area contributed by atoms with Crippen LogP contribution in [-0.4, -0.2) is 39.5 Å². The molecule has 6 nitrogen and oxygen atoms in total. The number of nitrogens with zero attached hydrogens (tertiary/aromatic N) is 4. The maximum atomic E-state index is 12.5. The first-order chi connectivity index (χ1) is 16.1. The van der Waals surface area contributed by atoms with E-state index in [9.17, 15) is 8.78 Å². The first kappa shape index (κ1) is 21.6. The van der Waals surface area contributed by atoms with Crippen molar-refractivity contribution < 1.29 is 8.78 Å². The maximum absolute atomic E-state index is 12.5. The molecule has 33 heavy (non-hydrogen) atoms. The molecule has 2 atom stereocenters. The van der Waals surface area contributed by atoms with Gasteiger partial charge in [0.1, 0.15) is 23.6 Å². The second kappa shape index (κ2) is 9.29. The van der Waals surface area contributed by atoms with Gasteiger partial charge in [-0.25, -0.2) is 23.7 Å². The molecule has 4 aromatic rings. The van der Waals surface area contributed by atoms with Crippen LogP contribution >= 0.6 is 0 Å². The van der Waals surface area contributed by atoms with Crippen LogP contribution in [-0.2, 0) is 6.42 Å². The lowest BCUT2D eigenvalue weighted by atomic mass is 9.97. The molecule has 5 rings (SSSR count). The number of anilines is 2. The lowest BCUT2D eigenvalue weighted by Gasteiger charge is -2.15. The minimum atomic E-state index is -2.40. The number of halogens is 2. The monoisotopic (exact) mass is 450 g/mol. The summed E-state index contributed by atoms with van der Waals surface area (Å²) in [4.78, 5) is 13.4. The topological polar surface area (TPSA) is 67.7 Å². The second-order valence-electron chi connectivity index (χ2n) is 8.80. The first-order valence-corrected chi connectivity index (χ1v) is 11.5. The Hall–Kier alpha value is -3.29. The standard InChI is InChI=1S/C25H28F2N6/c1-28-24-20-10-11-33(25(20)31-15-30-24)19-8-5-16(12-19)2-3-17-4-6-18-7-9-23(29-14-22(26)27)32-21(18)13-17/h4,6-7,9-11,13,15-16,19,22H,2-3,5,8,12,14H2,1H3,(H,29,32)(H,28,30,31). The van der Waals surface area contributed by atoms with Crippen molar-refractivity contribution in [2.45, 2.75) is 44.6 Å². The molecular weight excluding hydrogens is 422 g/mol. The van der Waals surface area contributed by atoms with Crippen molar-refractivity contribution in [1.82, 2.24) is 19.5 Å². The van der Waals surface area contributed by atoms with Gasteiger partial charge in [0.2, 0.25) is 0 Å². The summed E-state index contributed by atoms with van der Waals surface area (Å²) in [7, 11) is 1.88. The van der Waals surface area contributed by atoms with Gasteiger partial charge in [0.15, 0.2) is 0 Å². The van der Waals surface area contributed by atoms with E-state index in [2.05, 4.69) is 60.6 Å². The highest BCUT2D eigenvalue weighted by atomic mass is 19.3. The summed E-state index contributed by atoms with van der Waals surface area (Å²) in [5.74, 6) is 2.02. The van der Waals surface area contributed by atoms with Crippen LogP contribution in [0.1, 0.15) is 37.3 Å². The predicted molar refractivity (Wildman–Crippen MR) is 128 cm³/mol. The van der Waals surface area contributed by atoms with Crippen LogP contribution in [0.15, 0.2) is 48.9 Å². The average molecular weight is 451 g/mol. The van der Waals surface area contributed by atoms with Crippen molar-refractivity contribution in [3.8, 4) is 0 Å². The molecule has 1 saturated carbocycles. The van der Waals surface area contributed by atoms with Crippen molar-refractivity contribution in [2.75, 3.05) is 24.2 Å². The predicted octanol–water partition coefficient (Wildman–Crippen LogP) is 5.67. The highest BCUT2D eigenvalue weighted by Crippen LogP contribution is 2.39. The highest BCUT2D eigenvalue weighted by molar-refractivity contribution is 5.87. The number of hydrogen-bond donors (Lipinski definition) is 2. The number of aryl methyl sites for hydroxylation is 1. The Morgan fingerprint density at radius 2 is 2.00 bits per heavy atom. The van der Waals surface area contributed by atoms with Gasteiger partial charge >= 0.3 is 0 Å². The van der Waals surface area contributed by atoms with Gasteiger partial charge in [0.25, 0.3) is 6.43 Å². The van der Waals surface area contributed by atoms with E-state index in [0.29, 0.717) is 17.8 Å². The molecule has 0 spiro atoms. The van der Waals surface area contributed by atoms with E-state index in [4.69, 9.17) is 0 Å². The third kappa shape index (κ3) is 4.60. The van der Waals surface area contributed by atoms with Crippen molar-refractivity contribution in [2.24, 2.45) is 5.92 Å². The third-order valence-corrected chi connectivity index (χ3v) is 6.69. The number of hydrogen-bond acceptors (Lipinski definition) is 5. The minimum Gasteiger partial charge on any atom is -0.372 e. The Kier molecular flexibility index (Phi) is 6.07. The van der Waals surface area contributed by atoms with E-state index < -0.39 is 6.43 Å². The summed E-state index contributed by atoms with van der Waals surface area (Å²) >= 11 is 0. The smallest absolute Gasteiger partial charge is 0.255 e. The zero-order chi connectivity index (χ0) is 22.8. The fourth-order valence-corrected chi connectivity index (χ4v) is 5.00. The zero-order valence-corrected chi connectivity index (χ0v) is 18.6. The molecular formula is C25H28F2N6. The van der Waals surface area contributed by atoms with Crippen LogP contribution in [0.5, 0.6) is 0 Å². The van der Waals surface area contributed by atoms with Crippen LogP contribution < -0.4 is 10.6 Å². The molecule has 1 aliphatic carbocycles. The minimum absolute atomic E-state index is 0.389. The molecule has 1 aromatic carbocycles. The Morgan fingerprint density at radius 1 is 1.12 bits per heavy atom. The Balaban J connectivity index is 1.23. The van der Waals surface area contributed by atoms with Crippen molar-refractivity contribution in [3.05, 3.63) is 54.5 Å². The molecule has 2 N–H and O–H groups in total. The average Bonchev–Trinajstić information content (AvgIpc) is 3.47. The van der Waals surface area contributed by atoms with Gasteiger partial charge in [-0.05, 0) is 67.9 Å². The molecule has 0 saturated heterocycles. The van der Waals surface area contributed by atoms with E-state index in [0.717, 1.165) is 53.4 Å². The maximum Gasteiger partial charge on any atom is 0.255 e. The highest BCUT2D eigenvalue weighted by Gasteiger charge is 2.27. The van der Waals surface area contributed by atoms with Gasteiger partial charge in [-0.15, -0.1) is 0 Å². The molecule has 1 fully saturated rings. The number of nitrogens with one attached hydrogen (secondary N) is 2. The summed E-state index contributed by atoms with van der Waals surface area (Å²) in [5.41, 5.74) is 3.08. The fraction of sp³-hybridized carbons (Fsp3) is 0.400. The molecule has 172 valence electrons. The molecule has 1 aliphatic rings. The Labute approximate surface area is 191 Å². The number of aromatic nitrogens is 4. The van der Waals surface area contributed by atoms with Crippen molar-refractivity contribution in [3.63, 3.8) is 0 Å². The molecule has 3 heterocycles. The lowest BCUT2D eigenvalue weighted by molar-refractivity contribution is 0.163. The van der Waals surface area contributed by atoms with E-state index in [1.807, 2.05) is 13.1 Å². The molecule has 0 radical (unpaired) electrons. The van der Waals surface area contributed by atoms with Crippen LogP contribution in [0.25, 0.3) is 21.9 Å². The molecule has 0 bridgehead atoms. The normalized spacial score (nSPS) is 18.4.